The van der Waals surface area contributed by atoms with Gasteiger partial charge in [-0.05, 0) is 13.0 Å². The van der Waals surface area contributed by atoms with Crippen LogP contribution in [0.3, 0.4) is 0 Å². The molecule has 0 spiro atoms. The maximum atomic E-state index is 13.1. The third-order valence-corrected chi connectivity index (χ3v) is 2.95. The van der Waals surface area contributed by atoms with Crippen LogP contribution in [0.5, 0.6) is 0 Å². The Morgan fingerprint density at radius 1 is 1.62 bits per heavy atom. The quantitative estimate of drug-likeness (QED) is 0.693. The molecule has 1 aliphatic rings. The summed E-state index contributed by atoms with van der Waals surface area (Å²) in [6.07, 6.45) is 0.842. The van der Waals surface area contributed by atoms with Gasteiger partial charge in [-0.2, -0.15) is 0 Å². The number of halogens is 2. The first-order valence-electron chi connectivity index (χ1n) is 5.57. The van der Waals surface area contributed by atoms with Crippen LogP contribution in [0, 0.1) is 0 Å². The Morgan fingerprint density at radius 3 is 2.81 bits per heavy atom. The van der Waals surface area contributed by atoms with E-state index in [1.165, 1.54) is 0 Å². The van der Waals surface area contributed by atoms with Gasteiger partial charge in [0.2, 0.25) is 0 Å². The average Bonchev–Trinajstić information content (AvgIpc) is 2.16. The third-order valence-electron chi connectivity index (χ3n) is 2.95. The van der Waals surface area contributed by atoms with Gasteiger partial charge in [0, 0.05) is 19.4 Å². The van der Waals surface area contributed by atoms with Crippen molar-refractivity contribution in [2.45, 2.75) is 31.2 Å². The zero-order chi connectivity index (χ0) is 12.2. The van der Waals surface area contributed by atoms with Crippen LogP contribution in [0.15, 0.2) is 0 Å². The standard InChI is InChI=1S/C10H18F2N2O2/c1-13-8(9(15)16)3-6-14-5-2-4-10(11,12)7-14/h8,13H,2-7H2,1H3,(H,15,16)/p+1/t8-/m0/s1. The summed E-state index contributed by atoms with van der Waals surface area (Å²) >= 11 is 0. The van der Waals surface area contributed by atoms with E-state index in [1.54, 1.807) is 17.3 Å². The second-order valence-corrected chi connectivity index (χ2v) is 4.30. The molecule has 0 amide bonds. The molecule has 0 aromatic heterocycles. The molecule has 1 atom stereocenters. The van der Waals surface area contributed by atoms with Crippen molar-refractivity contribution in [1.82, 2.24) is 4.90 Å². The molecule has 0 radical (unpaired) electrons. The van der Waals surface area contributed by atoms with Gasteiger partial charge >= 0.3 is 5.97 Å². The monoisotopic (exact) mass is 237 g/mol. The van der Waals surface area contributed by atoms with Gasteiger partial charge < -0.3 is 10.4 Å². The number of likely N-dealkylation sites (N-methyl/N-ethyl adjacent to an activating group) is 1. The maximum absolute atomic E-state index is 13.1. The number of alkyl halides is 2. The highest BCUT2D eigenvalue weighted by Gasteiger charge is 2.35. The Morgan fingerprint density at radius 2 is 2.31 bits per heavy atom. The minimum absolute atomic E-state index is 0.0498. The predicted molar refractivity (Wildman–Crippen MR) is 54.5 cm³/mol. The van der Waals surface area contributed by atoms with Crippen LogP contribution in [0.1, 0.15) is 19.3 Å². The van der Waals surface area contributed by atoms with Crippen molar-refractivity contribution >= 4 is 5.97 Å². The van der Waals surface area contributed by atoms with Gasteiger partial charge in [-0.15, -0.1) is 0 Å². The normalized spacial score (nSPS) is 22.9. The van der Waals surface area contributed by atoms with Gasteiger partial charge in [0.1, 0.15) is 0 Å². The van der Waals surface area contributed by atoms with Gasteiger partial charge in [0.25, 0.3) is 5.92 Å². The summed E-state index contributed by atoms with van der Waals surface area (Å²) in [5.74, 6) is -3.49. The molecule has 16 heavy (non-hydrogen) atoms. The number of likely N-dealkylation sites (tertiary alicyclic amines) is 1. The molecule has 1 rings (SSSR count). The van der Waals surface area contributed by atoms with Crippen molar-refractivity contribution in [3.63, 3.8) is 0 Å². The molecule has 0 aliphatic carbocycles. The number of hydrogen-bond acceptors (Lipinski definition) is 2. The highest BCUT2D eigenvalue weighted by molar-refractivity contribution is 5.71. The van der Waals surface area contributed by atoms with Gasteiger partial charge in [-0.1, -0.05) is 0 Å². The lowest BCUT2D eigenvalue weighted by molar-refractivity contribution is -0.652. The molecule has 0 saturated carbocycles. The highest BCUT2D eigenvalue weighted by Crippen LogP contribution is 2.26. The van der Waals surface area contributed by atoms with E-state index in [2.05, 4.69) is 0 Å². The predicted octanol–water partition coefficient (Wildman–Crippen LogP) is -0.246. The number of carboxylic acid groups (broad SMARTS) is 1. The molecule has 1 heterocycles. The summed E-state index contributed by atoms with van der Waals surface area (Å²) < 4.78 is 26.1. The molecule has 1 saturated heterocycles. The van der Waals surface area contributed by atoms with Gasteiger partial charge in [0.15, 0.2) is 6.04 Å². The molecule has 0 bridgehead atoms. The molecule has 0 aromatic rings. The summed E-state index contributed by atoms with van der Waals surface area (Å²) in [6, 6.07) is -0.532. The van der Waals surface area contributed by atoms with E-state index in [4.69, 9.17) is 5.11 Å². The number of nitrogens with zero attached hydrogens (tertiary/aromatic N) is 1. The maximum Gasteiger partial charge on any atom is 0.362 e. The summed E-state index contributed by atoms with van der Waals surface area (Å²) in [4.78, 5) is 12.4. The molecule has 3 N–H and O–H groups in total. The molecule has 6 heteroatoms. The van der Waals surface area contributed by atoms with Gasteiger partial charge in [-0.3, -0.25) is 4.90 Å². The molecule has 1 fully saturated rings. The fourth-order valence-corrected chi connectivity index (χ4v) is 1.99. The number of carbonyl (C=O) groups is 1. The molecule has 4 nitrogen and oxygen atoms in total. The SMILES string of the molecule is C[NH2+][C@@H](CCN1CCCC(F)(F)C1)C(=O)O. The lowest BCUT2D eigenvalue weighted by Crippen LogP contribution is -2.88. The van der Waals surface area contributed by atoms with E-state index in [0.29, 0.717) is 25.9 Å². The minimum Gasteiger partial charge on any atom is -0.477 e. The Kier molecular flexibility index (Phi) is 4.61. The number of aliphatic carboxylic acids is 1. The zero-order valence-corrected chi connectivity index (χ0v) is 9.46. The van der Waals surface area contributed by atoms with Crippen LogP contribution in [-0.4, -0.2) is 54.6 Å². The van der Waals surface area contributed by atoms with E-state index in [0.717, 1.165) is 0 Å². The summed E-state index contributed by atoms with van der Waals surface area (Å²) in [5.41, 5.74) is 0. The van der Waals surface area contributed by atoms with Crippen molar-refractivity contribution in [3.8, 4) is 0 Å². The number of rotatable bonds is 5. The fourth-order valence-electron chi connectivity index (χ4n) is 1.99. The van der Waals surface area contributed by atoms with Crippen molar-refractivity contribution in [2.75, 3.05) is 26.7 Å². The van der Waals surface area contributed by atoms with Crippen molar-refractivity contribution in [1.29, 1.82) is 0 Å². The smallest absolute Gasteiger partial charge is 0.362 e. The second-order valence-electron chi connectivity index (χ2n) is 4.30. The number of piperidine rings is 1. The van der Waals surface area contributed by atoms with Crippen molar-refractivity contribution in [2.24, 2.45) is 0 Å². The minimum atomic E-state index is -2.60. The number of nitrogens with two attached hydrogens (primary N) is 1. The Labute approximate surface area is 93.6 Å². The van der Waals surface area contributed by atoms with Crippen LogP contribution >= 0.6 is 0 Å². The highest BCUT2D eigenvalue weighted by atomic mass is 19.3. The third kappa shape index (κ3) is 4.02. The van der Waals surface area contributed by atoms with E-state index in [1.807, 2.05) is 0 Å². The van der Waals surface area contributed by atoms with E-state index < -0.39 is 17.9 Å². The molecule has 0 aromatic carbocycles. The van der Waals surface area contributed by atoms with Crippen LogP contribution in [0.2, 0.25) is 0 Å². The number of carboxylic acids is 1. The van der Waals surface area contributed by atoms with Crippen molar-refractivity contribution in [3.05, 3.63) is 0 Å². The Balaban J connectivity index is 2.34. The Bertz CT molecular complexity index is 249. The Hall–Kier alpha value is -0.750. The van der Waals surface area contributed by atoms with Gasteiger partial charge in [0.05, 0.1) is 13.6 Å². The number of hydrogen-bond donors (Lipinski definition) is 2. The summed E-state index contributed by atoms with van der Waals surface area (Å²) in [5, 5.41) is 10.4. The summed E-state index contributed by atoms with van der Waals surface area (Å²) in [6.45, 7) is 0.839. The lowest BCUT2D eigenvalue weighted by Gasteiger charge is -2.32. The van der Waals surface area contributed by atoms with Crippen LogP contribution in [-0.2, 0) is 4.79 Å². The average molecular weight is 237 g/mol. The lowest BCUT2D eigenvalue weighted by atomic mass is 10.1. The topological polar surface area (TPSA) is 57.2 Å². The first-order valence-corrected chi connectivity index (χ1v) is 5.57. The first-order chi connectivity index (χ1) is 7.44. The largest absolute Gasteiger partial charge is 0.477 e. The van der Waals surface area contributed by atoms with Gasteiger partial charge in [-0.25, -0.2) is 13.6 Å². The van der Waals surface area contributed by atoms with E-state index in [-0.39, 0.29) is 13.0 Å². The van der Waals surface area contributed by atoms with Crippen molar-refractivity contribution < 1.29 is 24.0 Å². The molecule has 0 unspecified atom stereocenters. The van der Waals surface area contributed by atoms with E-state index >= 15 is 0 Å². The fraction of sp³-hybridized carbons (Fsp3) is 0.900. The molecule has 1 aliphatic heterocycles. The summed E-state index contributed by atoms with van der Waals surface area (Å²) in [7, 11) is 1.68. The van der Waals surface area contributed by atoms with Crippen LogP contribution < -0.4 is 5.32 Å². The van der Waals surface area contributed by atoms with E-state index in [9.17, 15) is 13.6 Å². The molecular weight excluding hydrogens is 218 g/mol. The number of quaternary nitrogens is 1. The molecular formula is C10H19F2N2O2+. The first kappa shape index (κ1) is 13.3. The van der Waals surface area contributed by atoms with Crippen LogP contribution in [0.4, 0.5) is 8.78 Å². The molecule has 94 valence electrons. The second kappa shape index (κ2) is 5.54. The van der Waals surface area contributed by atoms with Crippen LogP contribution in [0.25, 0.3) is 0 Å². The zero-order valence-electron chi connectivity index (χ0n) is 9.46.